The van der Waals surface area contributed by atoms with Crippen molar-refractivity contribution < 1.29 is 31.1 Å². The average molecular weight is 541 g/mol. The molecule has 1 aliphatic carbocycles. The van der Waals surface area contributed by atoms with E-state index in [-0.39, 0.29) is 28.2 Å². The summed E-state index contributed by atoms with van der Waals surface area (Å²) in [5.74, 6) is -0.259. The fraction of sp³-hybridized carbons (Fsp3) is 0.304. The van der Waals surface area contributed by atoms with E-state index in [0.717, 1.165) is 35.1 Å². The summed E-state index contributed by atoms with van der Waals surface area (Å²) >= 11 is 5.85. The minimum absolute atomic E-state index is 0.00435. The van der Waals surface area contributed by atoms with Crippen LogP contribution in [0.5, 0.6) is 0 Å². The molecular formula is C23H15ClF6N6O. The van der Waals surface area contributed by atoms with Crippen LogP contribution in [0.3, 0.4) is 0 Å². The number of carbonyl (C=O) groups excluding carboxylic acids is 1. The molecule has 2 aromatic heterocycles. The molecule has 2 fully saturated rings. The number of aromatic nitrogens is 5. The molecule has 2 atom stereocenters. The second-order valence-corrected chi connectivity index (χ2v) is 9.46. The Morgan fingerprint density at radius 1 is 1.05 bits per heavy atom. The van der Waals surface area contributed by atoms with Gasteiger partial charge in [0.15, 0.2) is 0 Å². The van der Waals surface area contributed by atoms with E-state index in [0.29, 0.717) is 25.2 Å². The van der Waals surface area contributed by atoms with Crippen LogP contribution >= 0.6 is 11.6 Å². The zero-order chi connectivity index (χ0) is 26.3. The Bertz CT molecular complexity index is 1550. The number of halogens is 7. The Morgan fingerprint density at radius 2 is 1.78 bits per heavy atom. The van der Waals surface area contributed by atoms with E-state index >= 15 is 0 Å². The van der Waals surface area contributed by atoms with Gasteiger partial charge in [-0.1, -0.05) is 11.6 Å². The fourth-order valence-electron chi connectivity index (χ4n) is 5.17. The Morgan fingerprint density at radius 3 is 2.43 bits per heavy atom. The van der Waals surface area contributed by atoms with Gasteiger partial charge < -0.3 is 9.88 Å². The van der Waals surface area contributed by atoms with Crippen LogP contribution in [0.4, 0.5) is 26.3 Å². The molecule has 0 radical (unpaired) electrons. The number of nitrogens with zero attached hydrogens (tertiary/aromatic N) is 5. The maximum absolute atomic E-state index is 13.8. The normalized spacial score (nSPS) is 21.5. The highest BCUT2D eigenvalue weighted by Gasteiger charge is 2.66. The van der Waals surface area contributed by atoms with Crippen molar-refractivity contribution >= 4 is 28.5 Å². The number of nitrogens with one attached hydrogen (secondary N) is 1. The van der Waals surface area contributed by atoms with Crippen molar-refractivity contribution in [1.82, 2.24) is 29.9 Å². The minimum atomic E-state index is -4.67. The molecule has 1 saturated heterocycles. The van der Waals surface area contributed by atoms with Crippen LogP contribution in [-0.4, -0.2) is 42.3 Å². The molecular weight excluding hydrogens is 526 g/mol. The molecule has 1 amide bonds. The third-order valence-electron chi connectivity index (χ3n) is 6.98. The monoisotopic (exact) mass is 540 g/mol. The molecule has 192 valence electrons. The van der Waals surface area contributed by atoms with Crippen molar-refractivity contribution in [2.24, 2.45) is 5.92 Å². The molecule has 4 aromatic rings. The highest BCUT2D eigenvalue weighted by Crippen LogP contribution is 2.62. The van der Waals surface area contributed by atoms with Crippen LogP contribution in [0.1, 0.15) is 40.2 Å². The van der Waals surface area contributed by atoms with Crippen LogP contribution in [-0.2, 0) is 17.9 Å². The Hall–Kier alpha value is -3.61. The van der Waals surface area contributed by atoms with Gasteiger partial charge in [-0.25, -0.2) is 4.98 Å². The predicted molar refractivity (Wildman–Crippen MR) is 118 cm³/mol. The van der Waals surface area contributed by atoms with E-state index in [1.165, 1.54) is 17.3 Å². The van der Waals surface area contributed by atoms with Crippen molar-refractivity contribution in [3.63, 3.8) is 0 Å². The van der Waals surface area contributed by atoms with Crippen molar-refractivity contribution in [3.8, 4) is 5.69 Å². The number of aromatic amines is 1. The number of hydrogen-bond donors (Lipinski definition) is 1. The summed E-state index contributed by atoms with van der Waals surface area (Å²) in [4.78, 5) is 23.6. The molecule has 14 heteroatoms. The quantitative estimate of drug-likeness (QED) is 0.343. The van der Waals surface area contributed by atoms with E-state index in [1.54, 1.807) is 0 Å². The summed E-state index contributed by atoms with van der Waals surface area (Å²) in [7, 11) is 0. The van der Waals surface area contributed by atoms with Gasteiger partial charge in [0.1, 0.15) is 11.4 Å². The molecule has 2 aromatic carbocycles. The van der Waals surface area contributed by atoms with Crippen LogP contribution in [0, 0.1) is 5.92 Å². The topological polar surface area (TPSA) is 79.7 Å². The van der Waals surface area contributed by atoms with Gasteiger partial charge in [-0.2, -0.15) is 41.3 Å². The van der Waals surface area contributed by atoms with Gasteiger partial charge in [0.25, 0.3) is 5.91 Å². The van der Waals surface area contributed by atoms with E-state index < -0.39 is 39.9 Å². The van der Waals surface area contributed by atoms with E-state index in [1.807, 2.05) is 0 Å². The van der Waals surface area contributed by atoms with Gasteiger partial charge in [0, 0.05) is 6.54 Å². The molecule has 37 heavy (non-hydrogen) atoms. The highest BCUT2D eigenvalue weighted by atomic mass is 35.5. The van der Waals surface area contributed by atoms with Gasteiger partial charge in [-0.05, 0) is 49.1 Å². The first-order valence-electron chi connectivity index (χ1n) is 11.1. The van der Waals surface area contributed by atoms with Gasteiger partial charge in [0.2, 0.25) is 0 Å². The number of alkyl halides is 6. The van der Waals surface area contributed by atoms with Crippen LogP contribution in [0.15, 0.2) is 42.7 Å². The lowest BCUT2D eigenvalue weighted by molar-refractivity contribution is -0.138. The molecule has 0 bridgehead atoms. The first kappa shape index (κ1) is 23.8. The fourth-order valence-corrected chi connectivity index (χ4v) is 5.44. The van der Waals surface area contributed by atoms with Gasteiger partial charge in [0.05, 0.1) is 50.8 Å². The number of benzene rings is 2. The number of carbonyl (C=O) groups is 1. The Kier molecular flexibility index (Phi) is 4.94. The number of imidazole rings is 1. The van der Waals surface area contributed by atoms with Crippen LogP contribution in [0.2, 0.25) is 5.02 Å². The van der Waals surface area contributed by atoms with E-state index in [4.69, 9.17) is 11.6 Å². The number of rotatable bonds is 3. The van der Waals surface area contributed by atoms with Gasteiger partial charge in [-0.15, -0.1) is 0 Å². The summed E-state index contributed by atoms with van der Waals surface area (Å²) in [5.41, 5.74) is -2.77. The zero-order valence-electron chi connectivity index (χ0n) is 18.5. The van der Waals surface area contributed by atoms with E-state index in [9.17, 15) is 31.1 Å². The number of fused-ring (bicyclic) bond motifs is 2. The molecule has 7 nitrogen and oxygen atoms in total. The minimum Gasteiger partial charge on any atom is -0.340 e. The maximum atomic E-state index is 13.8. The molecule has 1 N–H and O–H groups in total. The third kappa shape index (κ3) is 3.66. The van der Waals surface area contributed by atoms with Crippen molar-refractivity contribution in [2.75, 3.05) is 6.54 Å². The van der Waals surface area contributed by atoms with Crippen molar-refractivity contribution in [3.05, 3.63) is 70.3 Å². The summed E-state index contributed by atoms with van der Waals surface area (Å²) in [6.45, 7) is 0.294. The molecule has 1 saturated carbocycles. The Labute approximate surface area is 209 Å². The molecule has 2 aliphatic rings. The van der Waals surface area contributed by atoms with E-state index in [2.05, 4.69) is 20.2 Å². The smallest absolute Gasteiger partial charge is 0.340 e. The second kappa shape index (κ2) is 7.70. The van der Waals surface area contributed by atoms with Crippen LogP contribution in [0.25, 0.3) is 16.7 Å². The first-order valence-corrected chi connectivity index (χ1v) is 11.4. The molecule has 1 aliphatic heterocycles. The zero-order valence-corrected chi connectivity index (χ0v) is 19.3. The SMILES string of the molecule is O=C(c1ccc(C(F)(F)F)cc1-n1nccn1)N1CC[C@@H]2C[C@@]21c1nc2cc(C(F)(F)F)c(Cl)cc2[nH]1. The third-order valence-corrected chi connectivity index (χ3v) is 7.29. The number of piperidine rings is 1. The second-order valence-electron chi connectivity index (χ2n) is 9.05. The first-order chi connectivity index (χ1) is 17.4. The lowest BCUT2D eigenvalue weighted by atomic mass is 10.1. The number of hydrogen-bond acceptors (Lipinski definition) is 4. The largest absolute Gasteiger partial charge is 0.417 e. The predicted octanol–water partition coefficient (Wildman–Crippen LogP) is 5.60. The van der Waals surface area contributed by atoms with Crippen molar-refractivity contribution in [1.29, 1.82) is 0 Å². The van der Waals surface area contributed by atoms with Crippen molar-refractivity contribution in [2.45, 2.75) is 30.7 Å². The lowest BCUT2D eigenvalue weighted by Crippen LogP contribution is -2.39. The number of amides is 1. The summed E-state index contributed by atoms with van der Waals surface area (Å²) in [6, 6.07) is 4.70. The summed E-state index contributed by atoms with van der Waals surface area (Å²) in [5, 5.41) is 7.30. The molecule has 0 unspecified atom stereocenters. The average Bonchev–Trinajstić information content (AvgIpc) is 3.24. The lowest BCUT2D eigenvalue weighted by Gasteiger charge is -2.28. The van der Waals surface area contributed by atoms with Crippen LogP contribution < -0.4 is 0 Å². The standard InChI is InChI=1S/C23H15ClF6N6O/c24-15-9-17-16(8-14(15)23(28,29)30)33-20(34-17)21-10-12(21)3-6-35(21)19(37)13-2-1-11(22(25,26)27)7-18(13)36-31-4-5-32-36/h1-2,4-5,7-9,12H,3,6,10H2,(H,33,34)/t12-,21+/m1/s1. The molecule has 0 spiro atoms. The summed E-state index contributed by atoms with van der Waals surface area (Å²) < 4.78 is 80.1. The van der Waals surface area contributed by atoms with Gasteiger partial charge in [-0.3, -0.25) is 4.79 Å². The number of H-pyrrole nitrogens is 1. The Balaban J connectivity index is 1.42. The highest BCUT2D eigenvalue weighted by molar-refractivity contribution is 6.32. The number of likely N-dealkylation sites (tertiary alicyclic amines) is 1. The molecule has 3 heterocycles. The maximum Gasteiger partial charge on any atom is 0.417 e. The molecule has 6 rings (SSSR count). The summed E-state index contributed by atoms with van der Waals surface area (Å²) in [6.07, 6.45) is -5.65. The van der Waals surface area contributed by atoms with Gasteiger partial charge >= 0.3 is 12.4 Å².